The number of hydrazone groups is 1. The Morgan fingerprint density at radius 2 is 1.05 bits per heavy atom. The zero-order valence-corrected chi connectivity index (χ0v) is 32.3. The first-order chi connectivity index (χ1) is 29.7. The Bertz CT molecular complexity index is 3310. The molecule has 0 bridgehead atoms. The molecule has 2 N–H and O–H groups in total. The molecule has 282 valence electrons. The lowest BCUT2D eigenvalue weighted by atomic mass is 9.88. The van der Waals surface area contributed by atoms with E-state index in [0.717, 1.165) is 82.8 Å². The molecule has 1 aliphatic rings. The van der Waals surface area contributed by atoms with Gasteiger partial charge in [0, 0.05) is 27.5 Å². The van der Waals surface area contributed by atoms with Gasteiger partial charge in [-0.25, -0.2) is 4.98 Å². The number of benzene rings is 8. The van der Waals surface area contributed by atoms with Crippen molar-refractivity contribution in [3.63, 3.8) is 0 Å². The molecule has 0 amide bonds. The van der Waals surface area contributed by atoms with Gasteiger partial charge in [0.2, 0.25) is 5.95 Å². The number of nitrogens with zero attached hydrogens (tertiary/aromatic N) is 5. The first kappa shape index (κ1) is 34.9. The highest BCUT2D eigenvalue weighted by Gasteiger charge is 2.22. The average molecular weight is 770 g/mol. The number of nitrogens with one attached hydrogen (secondary N) is 2. The zero-order chi connectivity index (χ0) is 40.0. The highest BCUT2D eigenvalue weighted by Crippen LogP contribution is 2.37. The summed E-state index contributed by atoms with van der Waals surface area (Å²) in [5.41, 5.74) is 15.0. The van der Waals surface area contributed by atoms with Crippen molar-refractivity contribution in [2.24, 2.45) is 5.10 Å². The van der Waals surface area contributed by atoms with E-state index < -0.39 is 0 Å². The second-order valence-electron chi connectivity index (χ2n) is 14.8. The molecule has 2 aromatic heterocycles. The summed E-state index contributed by atoms with van der Waals surface area (Å²) < 4.78 is 2.14. The molecule has 0 radical (unpaired) electrons. The Hall–Kier alpha value is -8.29. The average Bonchev–Trinajstić information content (AvgIpc) is 3.66. The van der Waals surface area contributed by atoms with Gasteiger partial charge in [-0.05, 0) is 81.1 Å². The lowest BCUT2D eigenvalue weighted by Crippen LogP contribution is -2.19. The quantitative estimate of drug-likeness (QED) is 0.158. The van der Waals surface area contributed by atoms with Gasteiger partial charge in [0.05, 0.1) is 22.4 Å². The van der Waals surface area contributed by atoms with Crippen molar-refractivity contribution >= 4 is 55.8 Å². The molecule has 0 saturated carbocycles. The molecule has 2 heterocycles. The van der Waals surface area contributed by atoms with E-state index in [9.17, 15) is 0 Å². The van der Waals surface area contributed by atoms with Crippen LogP contribution < -0.4 is 5.43 Å². The molecule has 0 saturated heterocycles. The molecule has 60 heavy (non-hydrogen) atoms. The molecule has 0 unspecified atom stereocenters. The van der Waals surface area contributed by atoms with Gasteiger partial charge in [-0.1, -0.05) is 158 Å². The topological polar surface area (TPSA) is 91.8 Å². The molecule has 0 aliphatic heterocycles. The zero-order valence-electron chi connectivity index (χ0n) is 32.3. The third kappa shape index (κ3) is 6.13. The lowest BCUT2D eigenvalue weighted by molar-refractivity contribution is 0.954. The monoisotopic (exact) mass is 769 g/mol. The highest BCUT2D eigenvalue weighted by molar-refractivity contribution is 6.55. The maximum atomic E-state index is 8.95. The summed E-state index contributed by atoms with van der Waals surface area (Å²) in [5.74, 6) is 1.62. The molecular weight excluding hydrogens is 735 g/mol. The second-order valence-corrected chi connectivity index (χ2v) is 14.8. The highest BCUT2D eigenvalue weighted by atomic mass is 15.3. The van der Waals surface area contributed by atoms with E-state index in [-0.39, 0.29) is 0 Å². The summed E-state index contributed by atoms with van der Waals surface area (Å²) in [4.78, 5) is 15.8. The van der Waals surface area contributed by atoms with Gasteiger partial charge in [-0.2, -0.15) is 15.1 Å². The predicted molar refractivity (Wildman–Crippen MR) is 247 cm³/mol. The van der Waals surface area contributed by atoms with Crippen LogP contribution in [-0.4, -0.2) is 30.9 Å². The number of hydrogen-bond donors (Lipinski definition) is 2. The SMILES string of the molecule is N=C1C=Cc2ccc3ccc(-c4nc(-c5cccc(-c6ccccc6-c6ccccc6)c5)nc(-n5c6ccccc6c6ccccc65)n4)cc3c2/C1=N/Nc1ccccc1. The molecule has 1 aliphatic carbocycles. The van der Waals surface area contributed by atoms with Crippen LogP contribution in [0.4, 0.5) is 5.69 Å². The number of fused-ring (bicyclic) bond motifs is 6. The van der Waals surface area contributed by atoms with Gasteiger partial charge >= 0.3 is 0 Å². The molecule has 8 aromatic carbocycles. The first-order valence-corrected chi connectivity index (χ1v) is 19.9. The molecular formula is C53H35N7. The fourth-order valence-corrected chi connectivity index (χ4v) is 8.31. The molecule has 10 aromatic rings. The number of para-hydroxylation sites is 3. The second kappa shape index (κ2) is 14.6. The third-order valence-electron chi connectivity index (χ3n) is 11.2. The number of hydrogen-bond acceptors (Lipinski definition) is 6. The molecule has 0 spiro atoms. The minimum absolute atomic E-state index is 0.327. The van der Waals surface area contributed by atoms with Gasteiger partial charge in [0.15, 0.2) is 11.6 Å². The normalized spacial score (nSPS) is 13.0. The number of aromatic nitrogens is 4. The Kier molecular flexibility index (Phi) is 8.48. The standard InChI is InChI=1S/C53H35N7/c54-46-31-30-36-28-26-35-27-29-39(33-45(35)49(36)50(46)59-58-40-18-5-2-6-19-40)52-55-51(56-53(57-52)60-47-24-11-9-22-43(47)44-23-10-12-25-48(44)60)38-17-13-16-37(32-38)42-21-8-7-20-41(42)34-14-3-1-4-15-34/h1-33,54,58H/b54-46?,59-50+. The van der Waals surface area contributed by atoms with Crippen molar-refractivity contribution in [2.75, 3.05) is 5.43 Å². The van der Waals surface area contributed by atoms with Crippen LogP contribution in [0.15, 0.2) is 199 Å². The van der Waals surface area contributed by atoms with Crippen molar-refractivity contribution in [3.8, 4) is 51.0 Å². The number of anilines is 1. The smallest absolute Gasteiger partial charge is 0.238 e. The Morgan fingerprint density at radius 3 is 1.78 bits per heavy atom. The molecule has 11 rings (SSSR count). The largest absolute Gasteiger partial charge is 0.299 e. The lowest BCUT2D eigenvalue weighted by Gasteiger charge is -2.18. The van der Waals surface area contributed by atoms with E-state index in [2.05, 4.69) is 162 Å². The summed E-state index contributed by atoms with van der Waals surface area (Å²) in [6.45, 7) is 0. The van der Waals surface area contributed by atoms with E-state index in [1.165, 1.54) is 0 Å². The van der Waals surface area contributed by atoms with Crippen LogP contribution in [0.5, 0.6) is 0 Å². The van der Waals surface area contributed by atoms with E-state index in [1.807, 2.05) is 42.5 Å². The Balaban J connectivity index is 1.12. The Labute approximate surface area is 346 Å². The molecule has 0 fully saturated rings. The van der Waals surface area contributed by atoms with Gasteiger partial charge in [0.25, 0.3) is 0 Å². The predicted octanol–water partition coefficient (Wildman–Crippen LogP) is 12.7. The summed E-state index contributed by atoms with van der Waals surface area (Å²) in [5, 5.41) is 18.0. The fraction of sp³-hybridized carbons (Fsp3) is 0. The molecule has 0 atom stereocenters. The van der Waals surface area contributed by atoms with Crippen LogP contribution in [0.2, 0.25) is 0 Å². The van der Waals surface area contributed by atoms with Crippen molar-refractivity contribution in [2.45, 2.75) is 0 Å². The van der Waals surface area contributed by atoms with Crippen molar-refractivity contribution < 1.29 is 0 Å². The summed E-state index contributed by atoms with van der Waals surface area (Å²) in [6, 6.07) is 64.5. The van der Waals surface area contributed by atoms with Crippen LogP contribution in [-0.2, 0) is 0 Å². The first-order valence-electron chi connectivity index (χ1n) is 19.9. The third-order valence-corrected chi connectivity index (χ3v) is 11.2. The molecule has 7 nitrogen and oxygen atoms in total. The Morgan fingerprint density at radius 1 is 0.467 bits per heavy atom. The van der Waals surface area contributed by atoms with Crippen molar-refractivity contribution in [1.82, 2.24) is 19.5 Å². The summed E-state index contributed by atoms with van der Waals surface area (Å²) >= 11 is 0. The van der Waals surface area contributed by atoms with Crippen LogP contribution >= 0.6 is 0 Å². The van der Waals surface area contributed by atoms with Crippen LogP contribution in [0, 0.1) is 5.41 Å². The minimum atomic E-state index is 0.327. The minimum Gasteiger partial charge on any atom is -0.299 e. The van der Waals surface area contributed by atoms with Crippen molar-refractivity contribution in [3.05, 3.63) is 205 Å². The van der Waals surface area contributed by atoms with Gasteiger partial charge in [0.1, 0.15) is 5.71 Å². The van der Waals surface area contributed by atoms with Crippen LogP contribution in [0.1, 0.15) is 11.1 Å². The van der Waals surface area contributed by atoms with Gasteiger partial charge in [-0.3, -0.25) is 15.4 Å². The summed E-state index contributed by atoms with van der Waals surface area (Å²) in [7, 11) is 0. The number of rotatable bonds is 7. The van der Waals surface area contributed by atoms with Crippen molar-refractivity contribution in [1.29, 1.82) is 5.41 Å². The van der Waals surface area contributed by atoms with Crippen LogP contribution in [0.25, 0.3) is 89.6 Å². The molecule has 7 heteroatoms. The van der Waals surface area contributed by atoms with Crippen LogP contribution in [0.3, 0.4) is 0 Å². The van der Waals surface area contributed by atoms with E-state index in [1.54, 1.807) is 6.08 Å². The fourth-order valence-electron chi connectivity index (χ4n) is 8.31. The number of allylic oxidation sites excluding steroid dienone is 1. The van der Waals surface area contributed by atoms with Gasteiger partial charge in [-0.15, -0.1) is 0 Å². The van der Waals surface area contributed by atoms with E-state index in [0.29, 0.717) is 29.0 Å². The summed E-state index contributed by atoms with van der Waals surface area (Å²) in [6.07, 6.45) is 3.78. The maximum Gasteiger partial charge on any atom is 0.238 e. The maximum absolute atomic E-state index is 8.95. The van der Waals surface area contributed by atoms with Gasteiger partial charge < -0.3 is 0 Å². The van der Waals surface area contributed by atoms with E-state index >= 15 is 0 Å². The van der Waals surface area contributed by atoms with E-state index in [4.69, 9.17) is 25.5 Å².